The number of aryl methyl sites for hydroxylation is 1. The molecule has 0 bridgehead atoms. The Hall–Kier alpha value is -2.46. The number of amides is 1. The van der Waals surface area contributed by atoms with Gasteiger partial charge in [0.2, 0.25) is 5.91 Å². The van der Waals surface area contributed by atoms with Gasteiger partial charge in [-0.1, -0.05) is 23.7 Å². The highest BCUT2D eigenvalue weighted by Gasteiger charge is 2.05. The van der Waals surface area contributed by atoms with E-state index in [4.69, 9.17) is 21.1 Å². The summed E-state index contributed by atoms with van der Waals surface area (Å²) in [4.78, 5) is 12.0. The van der Waals surface area contributed by atoms with Crippen LogP contribution in [0, 0.1) is 6.92 Å². The SMILES string of the molecule is COc1ccc(/C=C/C(=O)Nc2cc(Cl)ccc2C)cc1OC. The molecule has 4 nitrogen and oxygen atoms in total. The monoisotopic (exact) mass is 331 g/mol. The van der Waals surface area contributed by atoms with Crippen molar-refractivity contribution in [2.45, 2.75) is 6.92 Å². The predicted octanol–water partition coefficient (Wildman–Crippen LogP) is 4.32. The average Bonchev–Trinajstić information content (AvgIpc) is 2.56. The first kappa shape index (κ1) is 16.9. The summed E-state index contributed by atoms with van der Waals surface area (Å²) < 4.78 is 10.4. The highest BCUT2D eigenvalue weighted by molar-refractivity contribution is 6.31. The zero-order valence-electron chi connectivity index (χ0n) is 13.2. The van der Waals surface area contributed by atoms with E-state index in [0.29, 0.717) is 22.2 Å². The summed E-state index contributed by atoms with van der Waals surface area (Å²) >= 11 is 5.94. The number of ether oxygens (including phenoxy) is 2. The van der Waals surface area contributed by atoms with Crippen molar-refractivity contribution in [3.8, 4) is 11.5 Å². The highest BCUT2D eigenvalue weighted by Crippen LogP contribution is 2.28. The molecular formula is C18H18ClNO3. The second-order valence-corrected chi connectivity index (χ2v) is 5.33. The van der Waals surface area contributed by atoms with Crippen LogP contribution in [-0.4, -0.2) is 20.1 Å². The van der Waals surface area contributed by atoms with E-state index in [2.05, 4.69) is 5.32 Å². The molecule has 0 fully saturated rings. The van der Waals surface area contributed by atoms with E-state index in [1.807, 2.05) is 19.1 Å². The first-order valence-electron chi connectivity index (χ1n) is 7.00. The lowest BCUT2D eigenvalue weighted by molar-refractivity contribution is -0.111. The minimum absolute atomic E-state index is 0.231. The van der Waals surface area contributed by atoms with Crippen LogP contribution in [0.25, 0.3) is 6.08 Å². The third-order valence-corrected chi connectivity index (χ3v) is 3.53. The van der Waals surface area contributed by atoms with Gasteiger partial charge in [0, 0.05) is 16.8 Å². The van der Waals surface area contributed by atoms with Crippen molar-refractivity contribution in [2.24, 2.45) is 0 Å². The van der Waals surface area contributed by atoms with Gasteiger partial charge in [0.15, 0.2) is 11.5 Å². The van der Waals surface area contributed by atoms with Crippen LogP contribution in [0.15, 0.2) is 42.5 Å². The molecule has 0 spiro atoms. The molecule has 0 aliphatic carbocycles. The molecule has 0 saturated heterocycles. The largest absolute Gasteiger partial charge is 0.493 e. The quantitative estimate of drug-likeness (QED) is 0.830. The molecule has 0 heterocycles. The normalized spacial score (nSPS) is 10.6. The number of hydrogen-bond acceptors (Lipinski definition) is 3. The van der Waals surface area contributed by atoms with Gasteiger partial charge in [0.1, 0.15) is 0 Å². The van der Waals surface area contributed by atoms with E-state index >= 15 is 0 Å². The van der Waals surface area contributed by atoms with Crippen molar-refractivity contribution in [3.63, 3.8) is 0 Å². The minimum Gasteiger partial charge on any atom is -0.493 e. The molecule has 0 aliphatic heterocycles. The summed E-state index contributed by atoms with van der Waals surface area (Å²) in [5.41, 5.74) is 2.47. The number of nitrogens with one attached hydrogen (secondary N) is 1. The number of rotatable bonds is 5. The number of carbonyl (C=O) groups is 1. The maximum absolute atomic E-state index is 12.0. The lowest BCUT2D eigenvalue weighted by Crippen LogP contribution is -2.08. The lowest BCUT2D eigenvalue weighted by Gasteiger charge is -2.08. The topological polar surface area (TPSA) is 47.6 Å². The molecule has 0 atom stereocenters. The second-order valence-electron chi connectivity index (χ2n) is 4.90. The van der Waals surface area contributed by atoms with E-state index in [0.717, 1.165) is 11.1 Å². The first-order valence-corrected chi connectivity index (χ1v) is 7.38. The number of hydrogen-bond donors (Lipinski definition) is 1. The van der Waals surface area contributed by atoms with E-state index in [1.54, 1.807) is 44.6 Å². The molecule has 0 radical (unpaired) electrons. The van der Waals surface area contributed by atoms with Crippen LogP contribution in [0.5, 0.6) is 11.5 Å². The second kappa shape index (κ2) is 7.70. The van der Waals surface area contributed by atoms with Gasteiger partial charge in [-0.2, -0.15) is 0 Å². The summed E-state index contributed by atoms with van der Waals surface area (Å²) in [6, 6.07) is 10.8. The minimum atomic E-state index is -0.231. The van der Waals surface area contributed by atoms with Gasteiger partial charge < -0.3 is 14.8 Å². The molecule has 2 aromatic carbocycles. The van der Waals surface area contributed by atoms with Gasteiger partial charge >= 0.3 is 0 Å². The molecule has 2 aromatic rings. The Balaban J connectivity index is 2.10. The smallest absolute Gasteiger partial charge is 0.248 e. The molecule has 0 aliphatic rings. The van der Waals surface area contributed by atoms with Crippen LogP contribution in [0.1, 0.15) is 11.1 Å². The molecule has 120 valence electrons. The molecule has 2 rings (SSSR count). The zero-order chi connectivity index (χ0) is 16.8. The van der Waals surface area contributed by atoms with Crippen LogP contribution < -0.4 is 14.8 Å². The highest BCUT2D eigenvalue weighted by atomic mass is 35.5. The number of halogens is 1. The van der Waals surface area contributed by atoms with Crippen LogP contribution in [0.4, 0.5) is 5.69 Å². The fourth-order valence-corrected chi connectivity index (χ4v) is 2.20. The molecule has 0 aromatic heterocycles. The molecule has 5 heteroatoms. The van der Waals surface area contributed by atoms with E-state index < -0.39 is 0 Å². The Morgan fingerprint density at radius 1 is 1.09 bits per heavy atom. The van der Waals surface area contributed by atoms with E-state index in [9.17, 15) is 4.79 Å². The van der Waals surface area contributed by atoms with Crippen LogP contribution in [0.3, 0.4) is 0 Å². The van der Waals surface area contributed by atoms with Crippen molar-refractivity contribution in [3.05, 3.63) is 58.6 Å². The van der Waals surface area contributed by atoms with Crippen molar-refractivity contribution in [1.29, 1.82) is 0 Å². The van der Waals surface area contributed by atoms with Crippen LogP contribution >= 0.6 is 11.6 Å². The summed E-state index contributed by atoms with van der Waals surface area (Å²) in [5, 5.41) is 3.38. The molecule has 1 amide bonds. The van der Waals surface area contributed by atoms with Crippen LogP contribution in [0.2, 0.25) is 5.02 Å². The number of carbonyl (C=O) groups excluding carboxylic acids is 1. The Labute approximate surface area is 140 Å². The summed E-state index contributed by atoms with van der Waals surface area (Å²) in [6.07, 6.45) is 3.17. The predicted molar refractivity (Wildman–Crippen MR) is 93.4 cm³/mol. The molecule has 0 saturated carbocycles. The number of benzene rings is 2. The van der Waals surface area contributed by atoms with Crippen molar-refractivity contribution < 1.29 is 14.3 Å². The zero-order valence-corrected chi connectivity index (χ0v) is 14.0. The van der Waals surface area contributed by atoms with Crippen LogP contribution in [-0.2, 0) is 4.79 Å². The fourth-order valence-electron chi connectivity index (χ4n) is 2.03. The molecular weight excluding hydrogens is 314 g/mol. The summed E-state index contributed by atoms with van der Waals surface area (Å²) in [6.45, 7) is 1.91. The van der Waals surface area contributed by atoms with Gasteiger partial charge in [-0.05, 0) is 48.4 Å². The molecule has 23 heavy (non-hydrogen) atoms. The Morgan fingerprint density at radius 2 is 1.83 bits per heavy atom. The molecule has 0 unspecified atom stereocenters. The third kappa shape index (κ3) is 4.50. The maximum Gasteiger partial charge on any atom is 0.248 e. The Morgan fingerprint density at radius 3 is 2.52 bits per heavy atom. The van der Waals surface area contributed by atoms with Crippen molar-refractivity contribution >= 4 is 29.3 Å². The van der Waals surface area contributed by atoms with Gasteiger partial charge in [-0.25, -0.2) is 0 Å². The lowest BCUT2D eigenvalue weighted by atomic mass is 10.1. The first-order chi connectivity index (χ1) is 11.0. The van der Waals surface area contributed by atoms with Gasteiger partial charge in [0.05, 0.1) is 14.2 Å². The standard InChI is InChI=1S/C18H18ClNO3/c1-12-4-7-14(19)11-15(12)20-18(21)9-6-13-5-8-16(22-2)17(10-13)23-3/h4-11H,1-3H3,(H,20,21)/b9-6+. The van der Waals surface area contributed by atoms with Crippen molar-refractivity contribution in [2.75, 3.05) is 19.5 Å². The van der Waals surface area contributed by atoms with Gasteiger partial charge in [-0.3, -0.25) is 4.79 Å². The number of anilines is 1. The maximum atomic E-state index is 12.0. The van der Waals surface area contributed by atoms with E-state index in [1.165, 1.54) is 6.08 Å². The summed E-state index contributed by atoms with van der Waals surface area (Å²) in [7, 11) is 3.15. The van der Waals surface area contributed by atoms with Crippen molar-refractivity contribution in [1.82, 2.24) is 0 Å². The molecule has 1 N–H and O–H groups in total. The van der Waals surface area contributed by atoms with E-state index in [-0.39, 0.29) is 5.91 Å². The third-order valence-electron chi connectivity index (χ3n) is 3.29. The number of methoxy groups -OCH3 is 2. The van der Waals surface area contributed by atoms with Gasteiger partial charge in [0.25, 0.3) is 0 Å². The summed E-state index contributed by atoms with van der Waals surface area (Å²) in [5.74, 6) is 1.02. The Bertz CT molecular complexity index is 741. The Kier molecular flexibility index (Phi) is 5.66. The van der Waals surface area contributed by atoms with Gasteiger partial charge in [-0.15, -0.1) is 0 Å². The average molecular weight is 332 g/mol. The fraction of sp³-hybridized carbons (Fsp3) is 0.167.